The van der Waals surface area contributed by atoms with Crippen molar-refractivity contribution in [1.82, 2.24) is 4.90 Å². The minimum absolute atomic E-state index is 0.0393. The Morgan fingerprint density at radius 2 is 2.21 bits per heavy atom. The smallest absolute Gasteiger partial charge is 0.176 e. The Bertz CT molecular complexity index is 475. The van der Waals surface area contributed by atoms with Crippen molar-refractivity contribution in [3.05, 3.63) is 29.6 Å². The van der Waals surface area contributed by atoms with Gasteiger partial charge >= 0.3 is 0 Å². The Kier molecular flexibility index (Phi) is 4.20. The van der Waals surface area contributed by atoms with Crippen LogP contribution in [0.1, 0.15) is 30.6 Å². The summed E-state index contributed by atoms with van der Waals surface area (Å²) >= 11 is 0. The number of carbonyl (C=O) groups excluding carboxylic acids is 1. The van der Waals surface area contributed by atoms with Crippen molar-refractivity contribution in [2.24, 2.45) is 5.92 Å². The Balaban J connectivity index is 2.06. The van der Waals surface area contributed by atoms with E-state index in [-0.39, 0.29) is 11.5 Å². The highest BCUT2D eigenvalue weighted by molar-refractivity contribution is 5.97. The lowest BCUT2D eigenvalue weighted by atomic mass is 10.1. The number of Topliss-reactive ketones (excluding diaryl/α,β-unsaturated/α-hetero) is 1. The first-order valence-electron chi connectivity index (χ1n) is 6.62. The molecule has 0 radical (unpaired) electrons. The highest BCUT2D eigenvalue weighted by Gasteiger charge is 2.27. The zero-order chi connectivity index (χ0) is 14.0. The summed E-state index contributed by atoms with van der Waals surface area (Å²) in [6.07, 6.45) is 1.12. The van der Waals surface area contributed by atoms with E-state index >= 15 is 0 Å². The van der Waals surface area contributed by atoms with Crippen LogP contribution >= 0.6 is 0 Å². The van der Waals surface area contributed by atoms with Crippen molar-refractivity contribution in [2.45, 2.75) is 26.3 Å². The van der Waals surface area contributed by atoms with Gasteiger partial charge in [-0.1, -0.05) is 6.92 Å². The maximum Gasteiger partial charge on any atom is 0.176 e. The third-order valence-corrected chi connectivity index (χ3v) is 3.73. The Morgan fingerprint density at radius 3 is 2.74 bits per heavy atom. The van der Waals surface area contributed by atoms with E-state index in [9.17, 15) is 9.18 Å². The van der Waals surface area contributed by atoms with Crippen LogP contribution in [0.5, 0.6) is 5.75 Å². The van der Waals surface area contributed by atoms with Crippen molar-refractivity contribution >= 4 is 5.78 Å². The first-order valence-corrected chi connectivity index (χ1v) is 6.62. The SMILES string of the molecule is COc1ccc(C(=O)CN2CC(C)CC2C)cc1F. The molecule has 1 saturated heterocycles. The van der Waals surface area contributed by atoms with Crippen molar-refractivity contribution in [3.8, 4) is 5.75 Å². The third-order valence-electron chi connectivity index (χ3n) is 3.73. The highest BCUT2D eigenvalue weighted by Crippen LogP contribution is 2.23. The standard InChI is InChI=1S/C15H20FNO2/c1-10-6-11(2)17(8-10)9-14(18)12-4-5-15(19-3)13(16)7-12/h4-5,7,10-11H,6,8-9H2,1-3H3. The number of ether oxygens (including phenoxy) is 1. The van der Waals surface area contributed by atoms with Gasteiger partial charge in [0.05, 0.1) is 13.7 Å². The van der Waals surface area contributed by atoms with Crippen molar-refractivity contribution in [2.75, 3.05) is 20.2 Å². The normalized spacial score (nSPS) is 23.6. The number of hydrogen-bond acceptors (Lipinski definition) is 3. The lowest BCUT2D eigenvalue weighted by Crippen LogP contribution is -2.32. The van der Waals surface area contributed by atoms with Gasteiger partial charge in [0, 0.05) is 18.2 Å². The van der Waals surface area contributed by atoms with E-state index in [0.29, 0.717) is 24.1 Å². The molecule has 0 amide bonds. The van der Waals surface area contributed by atoms with Crippen LogP contribution in [0.15, 0.2) is 18.2 Å². The Hall–Kier alpha value is -1.42. The number of hydrogen-bond donors (Lipinski definition) is 0. The summed E-state index contributed by atoms with van der Waals surface area (Å²) in [5.74, 6) is 0.258. The van der Waals surface area contributed by atoms with E-state index in [1.54, 1.807) is 6.07 Å². The second-order valence-electron chi connectivity index (χ2n) is 5.39. The molecule has 1 aromatic rings. The predicted molar refractivity (Wildman–Crippen MR) is 72.1 cm³/mol. The van der Waals surface area contributed by atoms with Crippen LogP contribution < -0.4 is 4.74 Å². The number of nitrogens with zero attached hydrogens (tertiary/aromatic N) is 1. The average Bonchev–Trinajstić information content (AvgIpc) is 2.67. The van der Waals surface area contributed by atoms with Gasteiger partial charge in [0.2, 0.25) is 0 Å². The van der Waals surface area contributed by atoms with Crippen LogP contribution in [0.3, 0.4) is 0 Å². The van der Waals surface area contributed by atoms with Gasteiger partial charge in [-0.25, -0.2) is 4.39 Å². The van der Waals surface area contributed by atoms with Crippen LogP contribution in [-0.2, 0) is 0 Å². The summed E-state index contributed by atoms with van der Waals surface area (Å²) in [5, 5.41) is 0. The van der Waals surface area contributed by atoms with Gasteiger partial charge in [-0.3, -0.25) is 9.69 Å². The molecule has 3 nitrogen and oxygen atoms in total. The Labute approximate surface area is 113 Å². The molecule has 19 heavy (non-hydrogen) atoms. The molecule has 4 heteroatoms. The van der Waals surface area contributed by atoms with Crippen molar-refractivity contribution in [3.63, 3.8) is 0 Å². The van der Waals surface area contributed by atoms with E-state index in [4.69, 9.17) is 4.74 Å². The molecule has 1 heterocycles. The van der Waals surface area contributed by atoms with Gasteiger partial charge in [-0.15, -0.1) is 0 Å². The van der Waals surface area contributed by atoms with Crippen LogP contribution in [0.25, 0.3) is 0 Å². The van der Waals surface area contributed by atoms with E-state index in [0.717, 1.165) is 13.0 Å². The molecule has 104 valence electrons. The Morgan fingerprint density at radius 1 is 1.47 bits per heavy atom. The summed E-state index contributed by atoms with van der Waals surface area (Å²) in [4.78, 5) is 14.3. The lowest BCUT2D eigenvalue weighted by molar-refractivity contribution is 0.0924. The van der Waals surface area contributed by atoms with Gasteiger partial charge in [0.15, 0.2) is 17.3 Å². The maximum atomic E-state index is 13.6. The fraction of sp³-hybridized carbons (Fsp3) is 0.533. The van der Waals surface area contributed by atoms with Crippen molar-refractivity contribution in [1.29, 1.82) is 0 Å². The van der Waals surface area contributed by atoms with E-state index in [2.05, 4.69) is 18.7 Å². The van der Waals surface area contributed by atoms with Gasteiger partial charge in [-0.05, 0) is 37.5 Å². The number of rotatable bonds is 4. The monoisotopic (exact) mass is 265 g/mol. The number of ketones is 1. The predicted octanol–water partition coefficient (Wildman–Crippen LogP) is 2.75. The molecule has 1 aliphatic heterocycles. The van der Waals surface area contributed by atoms with Crippen LogP contribution in [-0.4, -0.2) is 36.9 Å². The zero-order valence-corrected chi connectivity index (χ0v) is 11.6. The maximum absolute atomic E-state index is 13.6. The topological polar surface area (TPSA) is 29.5 Å². The molecule has 0 aliphatic carbocycles. The highest BCUT2D eigenvalue weighted by atomic mass is 19.1. The van der Waals surface area contributed by atoms with Crippen molar-refractivity contribution < 1.29 is 13.9 Å². The fourth-order valence-electron chi connectivity index (χ4n) is 2.72. The molecule has 1 aromatic carbocycles. The molecular weight excluding hydrogens is 245 g/mol. The van der Waals surface area contributed by atoms with E-state index in [1.807, 2.05) is 0 Å². The quantitative estimate of drug-likeness (QED) is 0.784. The van der Waals surface area contributed by atoms with E-state index < -0.39 is 5.82 Å². The minimum Gasteiger partial charge on any atom is -0.494 e. The fourth-order valence-corrected chi connectivity index (χ4v) is 2.72. The molecule has 2 atom stereocenters. The molecule has 0 spiro atoms. The van der Waals surface area contributed by atoms with Crippen LogP contribution in [0, 0.1) is 11.7 Å². The number of likely N-dealkylation sites (tertiary alicyclic amines) is 1. The van der Waals surface area contributed by atoms with Crippen LogP contribution in [0.2, 0.25) is 0 Å². The summed E-state index contributed by atoms with van der Waals surface area (Å²) < 4.78 is 18.4. The lowest BCUT2D eigenvalue weighted by Gasteiger charge is -2.20. The molecule has 0 N–H and O–H groups in total. The average molecular weight is 265 g/mol. The van der Waals surface area contributed by atoms with Gasteiger partial charge < -0.3 is 4.74 Å². The van der Waals surface area contributed by atoms with Gasteiger partial charge in [0.1, 0.15) is 0 Å². The molecule has 2 rings (SSSR count). The summed E-state index contributed by atoms with van der Waals surface area (Å²) in [5.41, 5.74) is 0.407. The summed E-state index contributed by atoms with van der Waals surface area (Å²) in [6.45, 7) is 5.61. The second kappa shape index (κ2) is 5.70. The largest absolute Gasteiger partial charge is 0.494 e. The number of benzene rings is 1. The molecule has 1 aliphatic rings. The molecule has 0 aromatic heterocycles. The molecular formula is C15H20FNO2. The zero-order valence-electron chi connectivity index (χ0n) is 11.6. The van der Waals surface area contributed by atoms with Crippen LogP contribution in [0.4, 0.5) is 4.39 Å². The molecule has 0 bridgehead atoms. The number of carbonyl (C=O) groups is 1. The summed E-state index contributed by atoms with van der Waals surface area (Å²) in [6, 6.07) is 4.79. The third kappa shape index (κ3) is 3.13. The first kappa shape index (κ1) is 14.0. The van der Waals surface area contributed by atoms with Gasteiger partial charge in [0.25, 0.3) is 0 Å². The number of methoxy groups -OCH3 is 1. The number of halogens is 1. The van der Waals surface area contributed by atoms with Gasteiger partial charge in [-0.2, -0.15) is 0 Å². The first-order chi connectivity index (χ1) is 9.01. The molecule has 0 saturated carbocycles. The summed E-state index contributed by atoms with van der Waals surface area (Å²) in [7, 11) is 1.41. The molecule has 2 unspecified atom stereocenters. The molecule has 1 fully saturated rings. The van der Waals surface area contributed by atoms with E-state index in [1.165, 1.54) is 19.2 Å². The minimum atomic E-state index is -0.490. The second-order valence-corrected chi connectivity index (χ2v) is 5.39.